The van der Waals surface area contributed by atoms with Crippen LogP contribution in [0.2, 0.25) is 0 Å². The highest BCUT2D eigenvalue weighted by Gasteiger charge is 2.34. The normalized spacial score (nSPS) is 31.3. The van der Waals surface area contributed by atoms with E-state index in [1.54, 1.807) is 0 Å². The molecule has 0 aromatic carbocycles. The maximum Gasteiger partial charge on any atom is 0.223 e. The van der Waals surface area contributed by atoms with Gasteiger partial charge in [-0.05, 0) is 56.8 Å². The van der Waals surface area contributed by atoms with Crippen molar-refractivity contribution in [3.05, 3.63) is 0 Å². The molecule has 3 rings (SSSR count). The number of carbonyl (C=O) groups is 1. The first-order valence-electron chi connectivity index (χ1n) is 8.84. The Balaban J connectivity index is 1.33. The lowest BCUT2D eigenvalue weighted by Crippen LogP contribution is -2.40. The Hall–Kier alpha value is -0.570. The van der Waals surface area contributed by atoms with E-state index < -0.39 is 0 Å². The standard InChI is InChI=1S/C17H30N2O/c20-17(19-11-2-1-3-12-19)9-10-18-16-6-4-5-15(13-16)14-7-8-14/h14-16,18H,1-13H2. The fourth-order valence-corrected chi connectivity index (χ4v) is 4.09. The van der Waals surface area contributed by atoms with Crippen molar-refractivity contribution in [1.29, 1.82) is 0 Å². The smallest absolute Gasteiger partial charge is 0.223 e. The zero-order chi connectivity index (χ0) is 13.8. The Kier molecular flexibility index (Phi) is 4.98. The van der Waals surface area contributed by atoms with Gasteiger partial charge in [-0.2, -0.15) is 0 Å². The monoisotopic (exact) mass is 278 g/mol. The molecule has 0 spiro atoms. The lowest BCUT2D eigenvalue weighted by molar-refractivity contribution is -0.132. The van der Waals surface area contributed by atoms with Crippen molar-refractivity contribution in [2.45, 2.75) is 70.3 Å². The zero-order valence-electron chi connectivity index (χ0n) is 12.8. The molecule has 2 unspecified atom stereocenters. The molecule has 2 atom stereocenters. The molecule has 1 aliphatic heterocycles. The summed E-state index contributed by atoms with van der Waals surface area (Å²) in [4.78, 5) is 14.2. The van der Waals surface area contributed by atoms with Gasteiger partial charge >= 0.3 is 0 Å². The van der Waals surface area contributed by atoms with E-state index in [9.17, 15) is 4.79 Å². The summed E-state index contributed by atoms with van der Waals surface area (Å²) < 4.78 is 0. The van der Waals surface area contributed by atoms with E-state index in [0.717, 1.165) is 31.5 Å². The highest BCUT2D eigenvalue weighted by molar-refractivity contribution is 5.76. The minimum absolute atomic E-state index is 0.367. The van der Waals surface area contributed by atoms with Gasteiger partial charge in [0.2, 0.25) is 5.91 Å². The molecule has 1 saturated heterocycles. The Morgan fingerprint density at radius 3 is 2.50 bits per heavy atom. The Morgan fingerprint density at radius 2 is 1.75 bits per heavy atom. The van der Waals surface area contributed by atoms with Gasteiger partial charge in [-0.3, -0.25) is 4.79 Å². The molecule has 0 aromatic rings. The summed E-state index contributed by atoms with van der Waals surface area (Å²) in [5, 5.41) is 3.66. The molecule has 2 saturated carbocycles. The van der Waals surface area contributed by atoms with Gasteiger partial charge in [-0.1, -0.05) is 12.8 Å². The van der Waals surface area contributed by atoms with Gasteiger partial charge < -0.3 is 10.2 Å². The third-order valence-electron chi connectivity index (χ3n) is 5.48. The second-order valence-corrected chi connectivity index (χ2v) is 7.11. The summed E-state index contributed by atoms with van der Waals surface area (Å²) >= 11 is 0. The van der Waals surface area contributed by atoms with Gasteiger partial charge in [0.1, 0.15) is 0 Å². The van der Waals surface area contributed by atoms with Crippen LogP contribution < -0.4 is 5.32 Å². The molecular formula is C17H30N2O. The van der Waals surface area contributed by atoms with Crippen LogP contribution in [0.3, 0.4) is 0 Å². The largest absolute Gasteiger partial charge is 0.343 e. The van der Waals surface area contributed by atoms with Gasteiger partial charge in [-0.15, -0.1) is 0 Å². The van der Waals surface area contributed by atoms with E-state index in [-0.39, 0.29) is 0 Å². The van der Waals surface area contributed by atoms with E-state index >= 15 is 0 Å². The second kappa shape index (κ2) is 6.93. The van der Waals surface area contributed by atoms with Crippen molar-refractivity contribution >= 4 is 5.91 Å². The quantitative estimate of drug-likeness (QED) is 0.838. The number of nitrogens with zero attached hydrogens (tertiary/aromatic N) is 1. The highest BCUT2D eigenvalue weighted by atomic mass is 16.2. The second-order valence-electron chi connectivity index (χ2n) is 7.11. The van der Waals surface area contributed by atoms with Gasteiger partial charge in [0.05, 0.1) is 0 Å². The van der Waals surface area contributed by atoms with Gasteiger partial charge in [0, 0.05) is 32.1 Å². The van der Waals surface area contributed by atoms with Crippen LogP contribution >= 0.6 is 0 Å². The molecule has 1 N–H and O–H groups in total. The van der Waals surface area contributed by atoms with Crippen molar-refractivity contribution in [1.82, 2.24) is 10.2 Å². The van der Waals surface area contributed by atoms with Crippen LogP contribution in [0, 0.1) is 11.8 Å². The molecule has 3 nitrogen and oxygen atoms in total. The molecule has 114 valence electrons. The maximum absolute atomic E-state index is 12.1. The fraction of sp³-hybridized carbons (Fsp3) is 0.941. The molecule has 0 radical (unpaired) electrons. The molecular weight excluding hydrogens is 248 g/mol. The van der Waals surface area contributed by atoms with E-state index in [1.807, 2.05) is 0 Å². The molecule has 3 fully saturated rings. The van der Waals surface area contributed by atoms with Crippen LogP contribution in [0.5, 0.6) is 0 Å². The number of nitrogens with one attached hydrogen (secondary N) is 1. The van der Waals surface area contributed by atoms with Crippen LogP contribution in [-0.2, 0) is 4.79 Å². The van der Waals surface area contributed by atoms with Crippen LogP contribution in [-0.4, -0.2) is 36.5 Å². The van der Waals surface area contributed by atoms with Gasteiger partial charge in [-0.25, -0.2) is 0 Å². The first kappa shape index (κ1) is 14.4. The Morgan fingerprint density at radius 1 is 0.950 bits per heavy atom. The first-order valence-corrected chi connectivity index (χ1v) is 8.84. The lowest BCUT2D eigenvalue weighted by Gasteiger charge is -2.30. The number of hydrogen-bond donors (Lipinski definition) is 1. The molecule has 0 aromatic heterocycles. The van der Waals surface area contributed by atoms with Crippen molar-refractivity contribution in [3.63, 3.8) is 0 Å². The molecule has 2 aliphatic carbocycles. The Bertz CT molecular complexity index is 321. The van der Waals surface area contributed by atoms with E-state index in [4.69, 9.17) is 0 Å². The summed E-state index contributed by atoms with van der Waals surface area (Å²) in [5.74, 6) is 2.40. The zero-order valence-corrected chi connectivity index (χ0v) is 12.8. The van der Waals surface area contributed by atoms with Crippen LogP contribution in [0.1, 0.15) is 64.2 Å². The minimum Gasteiger partial charge on any atom is -0.343 e. The number of likely N-dealkylation sites (tertiary alicyclic amines) is 1. The van der Waals surface area contributed by atoms with Crippen molar-refractivity contribution in [3.8, 4) is 0 Å². The van der Waals surface area contributed by atoms with E-state index in [2.05, 4.69) is 10.2 Å². The number of piperidine rings is 1. The summed E-state index contributed by atoms with van der Waals surface area (Å²) in [7, 11) is 0. The van der Waals surface area contributed by atoms with Crippen LogP contribution in [0.4, 0.5) is 0 Å². The first-order chi connectivity index (χ1) is 9.83. The molecule has 3 heteroatoms. The predicted molar refractivity (Wildman–Crippen MR) is 81.5 cm³/mol. The molecule has 0 bridgehead atoms. The van der Waals surface area contributed by atoms with Crippen molar-refractivity contribution in [2.24, 2.45) is 11.8 Å². The number of carbonyl (C=O) groups excluding carboxylic acids is 1. The van der Waals surface area contributed by atoms with Crippen LogP contribution in [0.25, 0.3) is 0 Å². The number of amides is 1. The van der Waals surface area contributed by atoms with Crippen LogP contribution in [0.15, 0.2) is 0 Å². The molecule has 20 heavy (non-hydrogen) atoms. The fourth-order valence-electron chi connectivity index (χ4n) is 4.09. The summed E-state index contributed by atoms with van der Waals surface area (Å²) in [6.07, 6.45) is 12.9. The third kappa shape index (κ3) is 3.97. The topological polar surface area (TPSA) is 32.3 Å². The number of hydrogen-bond acceptors (Lipinski definition) is 2. The molecule has 1 amide bonds. The highest BCUT2D eigenvalue weighted by Crippen LogP contribution is 2.43. The van der Waals surface area contributed by atoms with Gasteiger partial charge in [0.15, 0.2) is 0 Å². The van der Waals surface area contributed by atoms with E-state index in [1.165, 1.54) is 57.8 Å². The molecule has 1 heterocycles. The summed E-state index contributed by atoms with van der Waals surface area (Å²) in [5.41, 5.74) is 0. The average molecular weight is 278 g/mol. The average Bonchev–Trinajstić information content (AvgIpc) is 3.33. The molecule has 3 aliphatic rings. The van der Waals surface area contributed by atoms with Crippen molar-refractivity contribution in [2.75, 3.05) is 19.6 Å². The van der Waals surface area contributed by atoms with Gasteiger partial charge in [0.25, 0.3) is 0 Å². The SMILES string of the molecule is O=C(CCNC1CCCC(C2CC2)C1)N1CCCCC1. The van der Waals surface area contributed by atoms with Crippen molar-refractivity contribution < 1.29 is 4.79 Å². The predicted octanol–water partition coefficient (Wildman–Crippen LogP) is 2.95. The minimum atomic E-state index is 0.367. The number of rotatable bonds is 5. The summed E-state index contributed by atoms with van der Waals surface area (Å²) in [6.45, 7) is 2.87. The Labute approximate surface area is 123 Å². The maximum atomic E-state index is 12.1. The third-order valence-corrected chi connectivity index (χ3v) is 5.48. The van der Waals surface area contributed by atoms with E-state index in [0.29, 0.717) is 18.4 Å². The lowest BCUT2D eigenvalue weighted by atomic mass is 9.83. The summed E-state index contributed by atoms with van der Waals surface area (Å²) in [6, 6.07) is 0.684.